The molecule has 2 rings (SSSR count). The topological polar surface area (TPSA) is 75.4 Å². The van der Waals surface area contributed by atoms with E-state index in [1.165, 1.54) is 16.4 Å². The number of nitrogens with two attached hydrogens (primary N) is 1. The average Bonchev–Trinajstić information content (AvgIpc) is 2.44. The molecule has 1 aliphatic heterocycles. The molecule has 1 fully saturated rings. The number of halogens is 3. The van der Waals surface area contributed by atoms with E-state index in [0.29, 0.717) is 19.6 Å². The minimum absolute atomic E-state index is 0.180. The highest BCUT2D eigenvalue weighted by Gasteiger charge is 2.28. The number of benzene rings is 1. The van der Waals surface area contributed by atoms with Crippen LogP contribution in [0, 0.1) is 5.92 Å². The Bertz CT molecular complexity index is 624. The Morgan fingerprint density at radius 1 is 1.24 bits per heavy atom. The molecule has 21 heavy (non-hydrogen) atoms. The lowest BCUT2D eigenvalue weighted by atomic mass is 10.0. The maximum atomic E-state index is 12.4. The summed E-state index contributed by atoms with van der Waals surface area (Å²) in [5, 5.41) is 0.698. The quantitative estimate of drug-likeness (QED) is 0.798. The lowest BCUT2D eigenvalue weighted by Gasteiger charge is -2.31. The van der Waals surface area contributed by atoms with E-state index in [1.807, 2.05) is 0 Å². The molecule has 0 saturated carbocycles. The summed E-state index contributed by atoms with van der Waals surface area (Å²) in [4.78, 5) is 0. The molecule has 0 aliphatic carbocycles. The van der Waals surface area contributed by atoms with Crippen molar-refractivity contribution in [2.24, 2.45) is 11.7 Å². The smallest absolute Gasteiger partial charge is 0.301 e. The zero-order valence-electron chi connectivity index (χ0n) is 11.2. The Balaban J connectivity index is 2.19. The molecule has 0 spiro atoms. The van der Waals surface area contributed by atoms with Gasteiger partial charge in [-0.2, -0.15) is 12.7 Å². The van der Waals surface area contributed by atoms with Crippen molar-refractivity contribution in [2.45, 2.75) is 12.8 Å². The monoisotopic (exact) mass is 371 g/mol. The number of nitrogens with one attached hydrogen (secondary N) is 1. The molecular weight excluding hydrogens is 357 g/mol. The molecule has 9 heteroatoms. The van der Waals surface area contributed by atoms with E-state index >= 15 is 0 Å². The summed E-state index contributed by atoms with van der Waals surface area (Å²) in [6.07, 6.45) is 1.73. The SMILES string of the molecule is NCC1CCCN(S(=O)(=O)Nc2cc(Cl)c(Cl)cc2Cl)C1. The first-order chi connectivity index (χ1) is 9.83. The summed E-state index contributed by atoms with van der Waals surface area (Å²) >= 11 is 17.7. The Morgan fingerprint density at radius 3 is 2.57 bits per heavy atom. The van der Waals surface area contributed by atoms with E-state index in [4.69, 9.17) is 40.5 Å². The predicted octanol–water partition coefficient (Wildman–Crippen LogP) is 2.97. The summed E-state index contributed by atoms with van der Waals surface area (Å²) < 4.78 is 28.6. The van der Waals surface area contributed by atoms with Crippen molar-refractivity contribution in [3.05, 3.63) is 27.2 Å². The maximum Gasteiger partial charge on any atom is 0.301 e. The van der Waals surface area contributed by atoms with Gasteiger partial charge >= 0.3 is 10.2 Å². The van der Waals surface area contributed by atoms with Crippen molar-refractivity contribution in [2.75, 3.05) is 24.4 Å². The van der Waals surface area contributed by atoms with E-state index in [9.17, 15) is 8.42 Å². The number of hydrogen-bond acceptors (Lipinski definition) is 3. The molecule has 1 saturated heterocycles. The Kier molecular flexibility index (Phi) is 5.62. The van der Waals surface area contributed by atoms with Crippen LogP contribution in [0.15, 0.2) is 12.1 Å². The summed E-state index contributed by atoms with van der Waals surface area (Å²) in [6, 6.07) is 2.80. The highest BCUT2D eigenvalue weighted by atomic mass is 35.5. The Hall–Kier alpha value is -0.240. The number of nitrogens with zero attached hydrogens (tertiary/aromatic N) is 1. The summed E-state index contributed by atoms with van der Waals surface area (Å²) in [5.74, 6) is 0.180. The first-order valence-corrected chi connectivity index (χ1v) is 9.03. The molecule has 1 unspecified atom stereocenters. The second-order valence-corrected chi connectivity index (χ2v) is 7.85. The summed E-state index contributed by atoms with van der Waals surface area (Å²) in [6.45, 7) is 1.34. The highest BCUT2D eigenvalue weighted by molar-refractivity contribution is 7.90. The minimum atomic E-state index is -3.69. The number of piperidine rings is 1. The van der Waals surface area contributed by atoms with E-state index in [1.54, 1.807) is 0 Å². The van der Waals surface area contributed by atoms with Gasteiger partial charge in [-0.3, -0.25) is 4.72 Å². The molecule has 0 radical (unpaired) electrons. The number of hydrogen-bond donors (Lipinski definition) is 2. The van der Waals surface area contributed by atoms with Gasteiger partial charge in [-0.25, -0.2) is 0 Å². The third kappa shape index (κ3) is 4.15. The molecule has 1 aromatic carbocycles. The van der Waals surface area contributed by atoms with E-state index in [2.05, 4.69) is 4.72 Å². The lowest BCUT2D eigenvalue weighted by Crippen LogP contribution is -2.44. The van der Waals surface area contributed by atoms with Crippen molar-refractivity contribution in [3.63, 3.8) is 0 Å². The van der Waals surface area contributed by atoms with Gasteiger partial charge in [-0.05, 0) is 37.4 Å². The van der Waals surface area contributed by atoms with Crippen molar-refractivity contribution in [1.29, 1.82) is 0 Å². The van der Waals surface area contributed by atoms with Gasteiger partial charge in [0.05, 0.1) is 20.8 Å². The fourth-order valence-corrected chi connectivity index (χ4v) is 4.24. The Labute approximate surface area is 139 Å². The van der Waals surface area contributed by atoms with Crippen LogP contribution < -0.4 is 10.5 Å². The fourth-order valence-electron chi connectivity index (χ4n) is 2.24. The van der Waals surface area contributed by atoms with Gasteiger partial charge in [0.1, 0.15) is 0 Å². The minimum Gasteiger partial charge on any atom is -0.330 e. The standard InChI is InChI=1S/C12H16Cl3N3O2S/c13-9-4-11(15)12(5-10(9)14)17-21(19,20)18-3-1-2-8(6-16)7-18/h4-5,8,17H,1-3,6-7,16H2. The van der Waals surface area contributed by atoms with Crippen LogP contribution >= 0.6 is 34.8 Å². The molecule has 0 amide bonds. The molecule has 1 aliphatic rings. The molecule has 1 aromatic rings. The Morgan fingerprint density at radius 2 is 1.90 bits per heavy atom. The van der Waals surface area contributed by atoms with Crippen LogP contribution in [0.4, 0.5) is 5.69 Å². The number of rotatable bonds is 4. The second-order valence-electron chi connectivity index (χ2n) is 4.96. The van der Waals surface area contributed by atoms with Crippen LogP contribution in [0.25, 0.3) is 0 Å². The van der Waals surface area contributed by atoms with E-state index in [-0.39, 0.29) is 26.7 Å². The molecule has 1 heterocycles. The van der Waals surface area contributed by atoms with Gasteiger partial charge in [0.15, 0.2) is 0 Å². The molecule has 3 N–H and O–H groups in total. The van der Waals surface area contributed by atoms with Crippen molar-refractivity contribution >= 4 is 50.7 Å². The van der Waals surface area contributed by atoms with Gasteiger partial charge in [0.2, 0.25) is 0 Å². The third-order valence-corrected chi connectivity index (χ3v) is 5.93. The molecule has 0 bridgehead atoms. The maximum absolute atomic E-state index is 12.4. The van der Waals surface area contributed by atoms with Crippen LogP contribution in [-0.2, 0) is 10.2 Å². The lowest BCUT2D eigenvalue weighted by molar-refractivity contribution is 0.273. The van der Waals surface area contributed by atoms with Crippen LogP contribution in [0.2, 0.25) is 15.1 Å². The van der Waals surface area contributed by atoms with Gasteiger partial charge in [-0.1, -0.05) is 34.8 Å². The van der Waals surface area contributed by atoms with Gasteiger partial charge in [0, 0.05) is 13.1 Å². The van der Waals surface area contributed by atoms with Crippen molar-refractivity contribution in [3.8, 4) is 0 Å². The molecule has 118 valence electrons. The van der Waals surface area contributed by atoms with Crippen LogP contribution in [0.3, 0.4) is 0 Å². The molecule has 1 atom stereocenters. The van der Waals surface area contributed by atoms with Gasteiger partial charge < -0.3 is 5.73 Å². The average molecular weight is 373 g/mol. The molecular formula is C12H16Cl3N3O2S. The first kappa shape index (κ1) is 17.1. The van der Waals surface area contributed by atoms with Crippen LogP contribution in [0.5, 0.6) is 0 Å². The third-order valence-electron chi connectivity index (χ3n) is 3.40. The molecule has 0 aromatic heterocycles. The van der Waals surface area contributed by atoms with Crippen molar-refractivity contribution < 1.29 is 8.42 Å². The van der Waals surface area contributed by atoms with E-state index < -0.39 is 10.2 Å². The second kappa shape index (κ2) is 6.89. The summed E-state index contributed by atoms with van der Waals surface area (Å²) in [7, 11) is -3.69. The van der Waals surface area contributed by atoms with E-state index in [0.717, 1.165) is 12.8 Å². The zero-order valence-corrected chi connectivity index (χ0v) is 14.2. The normalized spacial score (nSPS) is 20.5. The largest absolute Gasteiger partial charge is 0.330 e. The zero-order chi connectivity index (χ0) is 15.6. The fraction of sp³-hybridized carbons (Fsp3) is 0.500. The van der Waals surface area contributed by atoms with Crippen LogP contribution in [-0.4, -0.2) is 32.4 Å². The van der Waals surface area contributed by atoms with Crippen LogP contribution in [0.1, 0.15) is 12.8 Å². The highest BCUT2D eigenvalue weighted by Crippen LogP contribution is 2.33. The predicted molar refractivity (Wildman–Crippen MR) is 87.4 cm³/mol. The van der Waals surface area contributed by atoms with Crippen molar-refractivity contribution in [1.82, 2.24) is 4.31 Å². The number of anilines is 1. The molecule has 5 nitrogen and oxygen atoms in total. The summed E-state index contributed by atoms with van der Waals surface area (Å²) in [5.41, 5.74) is 5.84. The van der Waals surface area contributed by atoms with Gasteiger partial charge in [0.25, 0.3) is 0 Å². The first-order valence-electron chi connectivity index (χ1n) is 6.46. The van der Waals surface area contributed by atoms with Gasteiger partial charge in [-0.15, -0.1) is 0 Å².